The number of hydrogen-bond donors (Lipinski definition) is 0. The third-order valence-corrected chi connectivity index (χ3v) is 5.58. The molecule has 2 heterocycles. The number of fused-ring (bicyclic) bond motifs is 1. The highest BCUT2D eigenvalue weighted by Gasteiger charge is 2.22. The highest BCUT2D eigenvalue weighted by Crippen LogP contribution is 2.15. The van der Waals surface area contributed by atoms with Gasteiger partial charge in [0.15, 0.2) is 0 Å². The molecule has 0 unspecified atom stereocenters. The van der Waals surface area contributed by atoms with Crippen LogP contribution in [0, 0.1) is 0 Å². The molecule has 4 rings (SSSR count). The van der Waals surface area contributed by atoms with E-state index in [-0.39, 0.29) is 18.0 Å². The SMILES string of the molecule is O=C(Cn1cnc2ccc(Cl)cc2c1=O)N1CCN(Cc2cccc(Cl)c2)CC1. The number of benzene rings is 2. The van der Waals surface area contributed by atoms with Crippen LogP contribution in [0.3, 0.4) is 0 Å². The van der Waals surface area contributed by atoms with Gasteiger partial charge < -0.3 is 4.90 Å². The zero-order valence-electron chi connectivity index (χ0n) is 15.7. The van der Waals surface area contributed by atoms with Crippen LogP contribution in [-0.2, 0) is 17.9 Å². The fourth-order valence-electron chi connectivity index (χ4n) is 3.54. The van der Waals surface area contributed by atoms with Gasteiger partial charge in [-0.05, 0) is 35.9 Å². The fourth-order valence-corrected chi connectivity index (χ4v) is 3.92. The first-order valence-corrected chi connectivity index (χ1v) is 10.1. The zero-order chi connectivity index (χ0) is 20.4. The summed E-state index contributed by atoms with van der Waals surface area (Å²) in [5.41, 5.74) is 1.47. The molecule has 0 N–H and O–H groups in total. The lowest BCUT2D eigenvalue weighted by Gasteiger charge is -2.34. The lowest BCUT2D eigenvalue weighted by molar-refractivity contribution is -0.133. The summed E-state index contributed by atoms with van der Waals surface area (Å²) in [6.45, 7) is 3.58. The summed E-state index contributed by atoms with van der Waals surface area (Å²) >= 11 is 12.0. The molecular formula is C21H20Cl2N4O2. The summed E-state index contributed by atoms with van der Waals surface area (Å²) in [7, 11) is 0. The van der Waals surface area contributed by atoms with Crippen LogP contribution in [0.5, 0.6) is 0 Å². The number of carbonyl (C=O) groups excluding carboxylic acids is 1. The molecule has 1 aliphatic rings. The summed E-state index contributed by atoms with van der Waals surface area (Å²) in [6.07, 6.45) is 1.42. The van der Waals surface area contributed by atoms with Crippen LogP contribution in [0.25, 0.3) is 10.9 Å². The first kappa shape index (κ1) is 19.9. The molecule has 1 fully saturated rings. The Labute approximate surface area is 178 Å². The standard InChI is InChI=1S/C21H20Cl2N4O2/c22-16-3-1-2-15(10-16)12-25-6-8-26(9-7-25)20(28)13-27-14-24-19-5-4-17(23)11-18(19)21(27)29/h1-5,10-11,14H,6-9,12-13H2. The van der Waals surface area contributed by atoms with E-state index >= 15 is 0 Å². The van der Waals surface area contributed by atoms with Crippen LogP contribution in [0.1, 0.15) is 5.56 Å². The van der Waals surface area contributed by atoms with Crippen LogP contribution in [-0.4, -0.2) is 51.4 Å². The van der Waals surface area contributed by atoms with Crippen molar-refractivity contribution in [1.82, 2.24) is 19.4 Å². The number of halogens is 2. The number of rotatable bonds is 4. The Morgan fingerprint density at radius 1 is 1.00 bits per heavy atom. The minimum absolute atomic E-state index is 0.0252. The molecule has 2 aromatic carbocycles. The van der Waals surface area contributed by atoms with Crippen molar-refractivity contribution in [2.45, 2.75) is 13.1 Å². The van der Waals surface area contributed by atoms with E-state index in [1.165, 1.54) is 10.9 Å². The Morgan fingerprint density at radius 2 is 1.76 bits per heavy atom. The number of hydrogen-bond acceptors (Lipinski definition) is 4. The Hall–Kier alpha value is -2.41. The van der Waals surface area contributed by atoms with Crippen molar-refractivity contribution >= 4 is 40.0 Å². The van der Waals surface area contributed by atoms with E-state index in [4.69, 9.17) is 23.2 Å². The third kappa shape index (κ3) is 4.61. The smallest absolute Gasteiger partial charge is 0.261 e. The maximum atomic E-state index is 12.7. The molecule has 0 aliphatic carbocycles. The van der Waals surface area contributed by atoms with Gasteiger partial charge >= 0.3 is 0 Å². The van der Waals surface area contributed by atoms with E-state index in [1.807, 2.05) is 18.2 Å². The van der Waals surface area contributed by atoms with Crippen LogP contribution < -0.4 is 5.56 Å². The van der Waals surface area contributed by atoms with Crippen molar-refractivity contribution in [3.8, 4) is 0 Å². The Bertz CT molecular complexity index is 1110. The lowest BCUT2D eigenvalue weighted by Crippen LogP contribution is -2.49. The van der Waals surface area contributed by atoms with E-state index in [9.17, 15) is 9.59 Å². The summed E-state index contributed by atoms with van der Waals surface area (Å²) in [6, 6.07) is 12.8. The van der Waals surface area contributed by atoms with Gasteiger partial charge in [0.25, 0.3) is 5.56 Å². The van der Waals surface area contributed by atoms with Crippen LogP contribution >= 0.6 is 23.2 Å². The molecule has 29 heavy (non-hydrogen) atoms. The predicted molar refractivity (Wildman–Crippen MR) is 114 cm³/mol. The molecule has 3 aromatic rings. The van der Waals surface area contributed by atoms with Gasteiger partial charge in [0.1, 0.15) is 6.54 Å². The van der Waals surface area contributed by atoms with Crippen molar-refractivity contribution in [3.63, 3.8) is 0 Å². The lowest BCUT2D eigenvalue weighted by atomic mass is 10.2. The first-order valence-electron chi connectivity index (χ1n) is 9.39. The second kappa shape index (κ2) is 8.53. The van der Waals surface area contributed by atoms with E-state index in [0.717, 1.165) is 30.2 Å². The van der Waals surface area contributed by atoms with E-state index in [2.05, 4.69) is 16.0 Å². The molecule has 6 nitrogen and oxygen atoms in total. The monoisotopic (exact) mass is 430 g/mol. The maximum absolute atomic E-state index is 12.7. The number of carbonyl (C=O) groups is 1. The molecule has 1 amide bonds. The van der Waals surface area contributed by atoms with E-state index in [1.54, 1.807) is 23.1 Å². The second-order valence-corrected chi connectivity index (χ2v) is 8.00. The maximum Gasteiger partial charge on any atom is 0.261 e. The predicted octanol–water partition coefficient (Wildman–Crippen LogP) is 3.05. The molecule has 0 spiro atoms. The van der Waals surface area contributed by atoms with E-state index in [0.29, 0.717) is 29.0 Å². The number of aromatic nitrogens is 2. The van der Waals surface area contributed by atoms with Gasteiger partial charge in [0.2, 0.25) is 5.91 Å². The Kier molecular flexibility index (Phi) is 5.85. The van der Waals surface area contributed by atoms with Crippen LogP contribution in [0.4, 0.5) is 0 Å². The molecule has 1 saturated heterocycles. The molecule has 0 atom stereocenters. The van der Waals surface area contributed by atoms with E-state index < -0.39 is 0 Å². The molecule has 8 heteroatoms. The van der Waals surface area contributed by atoms with Gasteiger partial charge in [0.05, 0.1) is 17.2 Å². The number of amides is 1. The van der Waals surface area contributed by atoms with Gasteiger partial charge in [-0.2, -0.15) is 0 Å². The molecule has 0 bridgehead atoms. The number of piperazine rings is 1. The van der Waals surface area contributed by atoms with Gasteiger partial charge in [-0.1, -0.05) is 35.3 Å². The van der Waals surface area contributed by atoms with Gasteiger partial charge in [-0.15, -0.1) is 0 Å². The highest BCUT2D eigenvalue weighted by molar-refractivity contribution is 6.31. The van der Waals surface area contributed by atoms with Crippen molar-refractivity contribution in [2.75, 3.05) is 26.2 Å². The highest BCUT2D eigenvalue weighted by atomic mass is 35.5. The van der Waals surface area contributed by atoms with Crippen molar-refractivity contribution < 1.29 is 4.79 Å². The average Bonchev–Trinajstić information content (AvgIpc) is 2.71. The van der Waals surface area contributed by atoms with Crippen LogP contribution in [0.2, 0.25) is 10.0 Å². The van der Waals surface area contributed by atoms with Crippen molar-refractivity contribution in [1.29, 1.82) is 0 Å². The molecular weight excluding hydrogens is 411 g/mol. The fraction of sp³-hybridized carbons (Fsp3) is 0.286. The van der Waals surface area contributed by atoms with Gasteiger partial charge in [-0.3, -0.25) is 19.1 Å². The molecule has 0 radical (unpaired) electrons. The summed E-state index contributed by atoms with van der Waals surface area (Å²) in [5.74, 6) is -0.0855. The van der Waals surface area contributed by atoms with Crippen molar-refractivity contribution in [3.05, 3.63) is 74.8 Å². The minimum atomic E-state index is -0.259. The largest absolute Gasteiger partial charge is 0.339 e. The third-order valence-electron chi connectivity index (χ3n) is 5.11. The van der Waals surface area contributed by atoms with Crippen molar-refractivity contribution in [2.24, 2.45) is 0 Å². The Balaban J connectivity index is 1.38. The van der Waals surface area contributed by atoms with Gasteiger partial charge in [-0.25, -0.2) is 4.98 Å². The average molecular weight is 431 g/mol. The number of nitrogens with zero attached hydrogens (tertiary/aromatic N) is 4. The second-order valence-electron chi connectivity index (χ2n) is 7.13. The quantitative estimate of drug-likeness (QED) is 0.637. The molecule has 0 saturated carbocycles. The zero-order valence-corrected chi connectivity index (χ0v) is 17.2. The molecule has 1 aromatic heterocycles. The molecule has 150 valence electrons. The Morgan fingerprint density at radius 3 is 2.52 bits per heavy atom. The first-order chi connectivity index (χ1) is 14.0. The van der Waals surface area contributed by atoms with Crippen LogP contribution in [0.15, 0.2) is 53.6 Å². The molecule has 1 aliphatic heterocycles. The summed E-state index contributed by atoms with van der Waals surface area (Å²) in [5, 5.41) is 1.61. The van der Waals surface area contributed by atoms with Gasteiger partial charge in [0, 0.05) is 42.8 Å². The topological polar surface area (TPSA) is 58.4 Å². The normalized spacial score (nSPS) is 15.0. The summed E-state index contributed by atoms with van der Waals surface area (Å²) < 4.78 is 1.35. The minimum Gasteiger partial charge on any atom is -0.339 e. The summed E-state index contributed by atoms with van der Waals surface area (Å²) in [4.78, 5) is 33.7.